The maximum atomic E-state index is 12.0. The molecule has 0 aromatic heterocycles. The van der Waals surface area contributed by atoms with Crippen LogP contribution in [-0.2, 0) is 4.79 Å². The molecule has 0 saturated heterocycles. The van der Waals surface area contributed by atoms with Crippen molar-refractivity contribution in [2.24, 2.45) is 0 Å². The highest BCUT2D eigenvalue weighted by Gasteiger charge is 2.20. The summed E-state index contributed by atoms with van der Waals surface area (Å²) in [6.45, 7) is 1.69. The van der Waals surface area contributed by atoms with Crippen LogP contribution in [0.5, 0.6) is 5.75 Å². The number of phenols is 1. The molecule has 0 aliphatic heterocycles. The number of carbonyl (C=O) groups excluding carboxylic acids is 1. The third kappa shape index (κ3) is 4.48. The Morgan fingerprint density at radius 1 is 1.42 bits per heavy atom. The van der Waals surface area contributed by atoms with Crippen molar-refractivity contribution in [1.82, 2.24) is 5.32 Å². The van der Waals surface area contributed by atoms with Gasteiger partial charge < -0.3 is 15.5 Å². The van der Waals surface area contributed by atoms with Crippen molar-refractivity contribution in [2.75, 3.05) is 12.0 Å². The van der Waals surface area contributed by atoms with Gasteiger partial charge in [0.05, 0.1) is 0 Å². The van der Waals surface area contributed by atoms with Gasteiger partial charge in [-0.3, -0.25) is 4.79 Å². The van der Waals surface area contributed by atoms with Gasteiger partial charge in [0, 0.05) is 5.56 Å². The van der Waals surface area contributed by atoms with Crippen LogP contribution in [-0.4, -0.2) is 40.1 Å². The van der Waals surface area contributed by atoms with Gasteiger partial charge in [-0.05, 0) is 49.1 Å². The second-order valence-corrected chi connectivity index (χ2v) is 5.13. The van der Waals surface area contributed by atoms with Crippen molar-refractivity contribution in [2.45, 2.75) is 19.4 Å². The summed E-state index contributed by atoms with van der Waals surface area (Å²) in [4.78, 5) is 23.0. The number of aliphatic carboxylic acids is 1. The molecule has 0 radical (unpaired) electrons. The number of rotatable bonds is 6. The molecular formula is C13H17NO4S. The normalized spacial score (nSPS) is 11.9. The number of thioether (sulfide) groups is 1. The zero-order chi connectivity index (χ0) is 14.4. The topological polar surface area (TPSA) is 86.6 Å². The van der Waals surface area contributed by atoms with Crippen molar-refractivity contribution < 1.29 is 19.8 Å². The van der Waals surface area contributed by atoms with E-state index < -0.39 is 17.9 Å². The first-order valence-electron chi connectivity index (χ1n) is 5.78. The van der Waals surface area contributed by atoms with Crippen LogP contribution in [0.3, 0.4) is 0 Å². The second-order valence-electron chi connectivity index (χ2n) is 4.14. The van der Waals surface area contributed by atoms with Gasteiger partial charge in [0.15, 0.2) is 0 Å². The Balaban J connectivity index is 2.78. The molecule has 0 spiro atoms. The van der Waals surface area contributed by atoms with Crippen LogP contribution in [0.15, 0.2) is 18.2 Å². The van der Waals surface area contributed by atoms with Crippen LogP contribution >= 0.6 is 11.8 Å². The Morgan fingerprint density at radius 3 is 2.63 bits per heavy atom. The monoisotopic (exact) mass is 283 g/mol. The molecule has 1 aromatic rings. The minimum absolute atomic E-state index is 0.0752. The number of aromatic hydroxyl groups is 1. The Bertz CT molecular complexity index is 476. The Morgan fingerprint density at radius 2 is 2.11 bits per heavy atom. The Kier molecular flexibility index (Phi) is 5.69. The lowest BCUT2D eigenvalue weighted by Crippen LogP contribution is -2.41. The molecule has 3 N–H and O–H groups in total. The van der Waals surface area contributed by atoms with Gasteiger partial charge in [-0.25, -0.2) is 4.79 Å². The first-order chi connectivity index (χ1) is 8.95. The number of nitrogens with one attached hydrogen (secondary N) is 1. The first-order valence-corrected chi connectivity index (χ1v) is 7.17. The van der Waals surface area contributed by atoms with Crippen molar-refractivity contribution in [3.8, 4) is 5.75 Å². The SMILES string of the molecule is CSCCC(NC(=O)c1ccc(O)cc1C)C(=O)O. The third-order valence-corrected chi connectivity index (χ3v) is 3.31. The number of carbonyl (C=O) groups is 2. The molecule has 5 nitrogen and oxygen atoms in total. The standard InChI is InChI=1S/C13H17NO4S/c1-8-7-9(15)3-4-10(8)12(16)14-11(13(17)18)5-6-19-2/h3-4,7,11,15H,5-6H2,1-2H3,(H,14,16)(H,17,18). The molecule has 0 heterocycles. The number of benzene rings is 1. The third-order valence-electron chi connectivity index (χ3n) is 2.67. The predicted octanol–water partition coefficient (Wildman–Crippen LogP) is 1.64. The van der Waals surface area contributed by atoms with Gasteiger partial charge in [0.25, 0.3) is 5.91 Å². The summed E-state index contributed by atoms with van der Waals surface area (Å²) in [5.74, 6) is -0.748. The van der Waals surface area contributed by atoms with Gasteiger partial charge in [0.1, 0.15) is 11.8 Å². The number of phenolic OH excluding ortho intramolecular Hbond substituents is 1. The van der Waals surface area contributed by atoms with Gasteiger partial charge in [-0.2, -0.15) is 11.8 Å². The second kappa shape index (κ2) is 7.04. The molecule has 1 atom stereocenters. The maximum Gasteiger partial charge on any atom is 0.326 e. The molecule has 19 heavy (non-hydrogen) atoms. The lowest BCUT2D eigenvalue weighted by Gasteiger charge is -2.15. The Labute approximate surface area is 116 Å². The van der Waals surface area contributed by atoms with E-state index in [1.54, 1.807) is 6.92 Å². The van der Waals surface area contributed by atoms with Gasteiger partial charge in [0.2, 0.25) is 0 Å². The largest absolute Gasteiger partial charge is 0.508 e. The summed E-state index contributed by atoms with van der Waals surface area (Å²) in [5.41, 5.74) is 0.972. The van der Waals surface area contributed by atoms with Crippen LogP contribution in [0, 0.1) is 6.92 Å². The molecule has 104 valence electrons. The molecule has 0 saturated carbocycles. The molecule has 0 aliphatic rings. The highest BCUT2D eigenvalue weighted by molar-refractivity contribution is 7.98. The van der Waals surface area contributed by atoms with E-state index in [4.69, 9.17) is 5.11 Å². The van der Waals surface area contributed by atoms with E-state index in [9.17, 15) is 14.7 Å². The van der Waals surface area contributed by atoms with Gasteiger partial charge in [-0.1, -0.05) is 0 Å². The van der Waals surface area contributed by atoms with E-state index in [2.05, 4.69) is 5.32 Å². The summed E-state index contributed by atoms with van der Waals surface area (Å²) in [6.07, 6.45) is 2.25. The minimum atomic E-state index is -1.04. The number of aryl methyl sites for hydroxylation is 1. The van der Waals surface area contributed by atoms with Crippen LogP contribution in [0.2, 0.25) is 0 Å². The van der Waals surface area contributed by atoms with Crippen LogP contribution < -0.4 is 5.32 Å². The van der Waals surface area contributed by atoms with Crippen LogP contribution in [0.1, 0.15) is 22.3 Å². The molecule has 1 unspecified atom stereocenters. The van der Waals surface area contributed by atoms with Gasteiger partial charge in [-0.15, -0.1) is 0 Å². The summed E-state index contributed by atoms with van der Waals surface area (Å²) in [7, 11) is 0. The Hall–Kier alpha value is -1.69. The summed E-state index contributed by atoms with van der Waals surface area (Å²) in [6, 6.07) is 3.45. The van der Waals surface area contributed by atoms with Crippen LogP contribution in [0.25, 0.3) is 0 Å². The smallest absolute Gasteiger partial charge is 0.326 e. The fourth-order valence-corrected chi connectivity index (χ4v) is 2.10. The van der Waals surface area contributed by atoms with Crippen molar-refractivity contribution in [3.05, 3.63) is 29.3 Å². The summed E-state index contributed by atoms with van der Waals surface area (Å²) in [5, 5.41) is 20.8. The summed E-state index contributed by atoms with van der Waals surface area (Å²) < 4.78 is 0. The van der Waals surface area contributed by atoms with Gasteiger partial charge >= 0.3 is 5.97 Å². The lowest BCUT2D eigenvalue weighted by molar-refractivity contribution is -0.139. The highest BCUT2D eigenvalue weighted by Crippen LogP contribution is 2.16. The van der Waals surface area contributed by atoms with Crippen molar-refractivity contribution >= 4 is 23.6 Å². The van der Waals surface area contributed by atoms with E-state index in [1.807, 2.05) is 6.26 Å². The zero-order valence-electron chi connectivity index (χ0n) is 10.8. The van der Waals surface area contributed by atoms with Crippen LogP contribution in [0.4, 0.5) is 0 Å². The molecule has 1 aromatic carbocycles. The van der Waals surface area contributed by atoms with E-state index in [-0.39, 0.29) is 5.75 Å². The molecule has 0 aliphatic carbocycles. The summed E-state index contributed by atoms with van der Waals surface area (Å²) >= 11 is 1.53. The molecule has 0 fully saturated rings. The average Bonchev–Trinajstić information content (AvgIpc) is 2.33. The number of amides is 1. The van der Waals surface area contributed by atoms with E-state index in [1.165, 1.54) is 30.0 Å². The molecular weight excluding hydrogens is 266 g/mol. The highest BCUT2D eigenvalue weighted by atomic mass is 32.2. The van der Waals surface area contributed by atoms with Crippen molar-refractivity contribution in [1.29, 1.82) is 0 Å². The van der Waals surface area contributed by atoms with E-state index in [0.717, 1.165) is 0 Å². The first kappa shape index (κ1) is 15.4. The zero-order valence-corrected chi connectivity index (χ0v) is 11.7. The van der Waals surface area contributed by atoms with E-state index >= 15 is 0 Å². The number of hydrogen-bond donors (Lipinski definition) is 3. The molecule has 6 heteroatoms. The fraction of sp³-hybridized carbons (Fsp3) is 0.385. The number of hydrogen-bond acceptors (Lipinski definition) is 4. The quantitative estimate of drug-likeness (QED) is 0.739. The molecule has 0 bridgehead atoms. The maximum absolute atomic E-state index is 12.0. The van der Waals surface area contributed by atoms with Crippen molar-refractivity contribution in [3.63, 3.8) is 0 Å². The molecule has 1 amide bonds. The van der Waals surface area contributed by atoms with E-state index in [0.29, 0.717) is 23.3 Å². The lowest BCUT2D eigenvalue weighted by atomic mass is 10.1. The minimum Gasteiger partial charge on any atom is -0.508 e. The number of carboxylic acids is 1. The fourth-order valence-electron chi connectivity index (χ4n) is 1.63. The average molecular weight is 283 g/mol. The molecule has 1 rings (SSSR count). The predicted molar refractivity (Wildman–Crippen MR) is 74.7 cm³/mol. The number of carboxylic acid groups (broad SMARTS) is 1.